The van der Waals surface area contributed by atoms with Gasteiger partial charge in [0.1, 0.15) is 0 Å². The molecular formula is C27H52. The van der Waals surface area contributed by atoms with Crippen LogP contribution in [0.3, 0.4) is 0 Å². The van der Waals surface area contributed by atoms with Gasteiger partial charge in [0.25, 0.3) is 0 Å². The Labute approximate surface area is 172 Å². The van der Waals surface area contributed by atoms with Gasteiger partial charge in [-0.3, -0.25) is 0 Å². The highest BCUT2D eigenvalue weighted by molar-refractivity contribution is 5.07. The first kappa shape index (κ1) is 23.3. The van der Waals surface area contributed by atoms with Gasteiger partial charge in [0.15, 0.2) is 0 Å². The molecule has 160 valence electrons. The second kappa shape index (κ2) is 9.67. The zero-order valence-corrected chi connectivity index (χ0v) is 20.2. The van der Waals surface area contributed by atoms with E-state index in [1.54, 1.807) is 0 Å². The molecule has 2 saturated carbocycles. The Balaban J connectivity index is 2.03. The minimum Gasteiger partial charge on any atom is -0.0654 e. The molecule has 27 heavy (non-hydrogen) atoms. The third-order valence-corrected chi connectivity index (χ3v) is 9.59. The fourth-order valence-corrected chi connectivity index (χ4v) is 7.07. The van der Waals surface area contributed by atoms with E-state index < -0.39 is 0 Å². The Morgan fingerprint density at radius 1 is 1.00 bits per heavy atom. The van der Waals surface area contributed by atoms with Crippen molar-refractivity contribution >= 4 is 0 Å². The molecule has 2 rings (SSSR count). The van der Waals surface area contributed by atoms with Crippen molar-refractivity contribution < 1.29 is 0 Å². The molecule has 0 aromatic rings. The van der Waals surface area contributed by atoms with Gasteiger partial charge >= 0.3 is 0 Å². The highest BCUT2D eigenvalue weighted by Crippen LogP contribution is 2.66. The molecule has 0 radical (unpaired) electrons. The molecule has 0 bridgehead atoms. The van der Waals surface area contributed by atoms with Gasteiger partial charge in [0.05, 0.1) is 0 Å². The van der Waals surface area contributed by atoms with Gasteiger partial charge < -0.3 is 0 Å². The van der Waals surface area contributed by atoms with Crippen LogP contribution in [0.15, 0.2) is 0 Å². The molecule has 2 fully saturated rings. The minimum atomic E-state index is 0.563. The van der Waals surface area contributed by atoms with Gasteiger partial charge in [0, 0.05) is 0 Å². The van der Waals surface area contributed by atoms with E-state index in [0.717, 1.165) is 35.5 Å². The monoisotopic (exact) mass is 376 g/mol. The van der Waals surface area contributed by atoms with E-state index in [1.165, 1.54) is 70.6 Å². The first-order valence-corrected chi connectivity index (χ1v) is 12.7. The number of hydrogen-bond acceptors (Lipinski definition) is 0. The number of hydrogen-bond donors (Lipinski definition) is 0. The lowest BCUT2D eigenvalue weighted by Gasteiger charge is -2.43. The van der Waals surface area contributed by atoms with Crippen LogP contribution in [-0.2, 0) is 0 Å². The van der Waals surface area contributed by atoms with Crippen LogP contribution in [0.5, 0.6) is 0 Å². The molecule has 0 aliphatic heterocycles. The average Bonchev–Trinajstić information content (AvgIpc) is 3.33. The maximum absolute atomic E-state index is 2.66. The molecule has 0 saturated heterocycles. The Hall–Kier alpha value is 0. The summed E-state index contributed by atoms with van der Waals surface area (Å²) in [5.74, 6) is 5.69. The molecule has 2 aliphatic carbocycles. The molecule has 0 aromatic carbocycles. The summed E-state index contributed by atoms with van der Waals surface area (Å²) in [6.45, 7) is 20.1. The van der Waals surface area contributed by atoms with E-state index in [0.29, 0.717) is 10.8 Å². The molecule has 2 aliphatic rings. The maximum Gasteiger partial charge on any atom is -0.0235 e. The summed E-state index contributed by atoms with van der Waals surface area (Å²) in [5, 5.41) is 0. The van der Waals surface area contributed by atoms with Gasteiger partial charge in [-0.25, -0.2) is 0 Å². The number of rotatable bonds is 11. The Morgan fingerprint density at radius 3 is 2.11 bits per heavy atom. The van der Waals surface area contributed by atoms with Gasteiger partial charge in [-0.05, 0) is 78.4 Å². The highest BCUT2D eigenvalue weighted by atomic mass is 14.6. The summed E-state index contributed by atoms with van der Waals surface area (Å²) in [4.78, 5) is 0. The van der Waals surface area contributed by atoms with Gasteiger partial charge in [-0.2, -0.15) is 0 Å². The van der Waals surface area contributed by atoms with Crippen molar-refractivity contribution in [3.05, 3.63) is 0 Å². The van der Waals surface area contributed by atoms with Crippen LogP contribution in [-0.4, -0.2) is 0 Å². The number of unbranched alkanes of at least 4 members (excludes halogenated alkanes) is 2. The fraction of sp³-hybridized carbons (Fsp3) is 1.00. The third-order valence-electron chi connectivity index (χ3n) is 9.59. The summed E-state index contributed by atoms with van der Waals surface area (Å²) >= 11 is 0. The van der Waals surface area contributed by atoms with Crippen molar-refractivity contribution in [2.45, 2.75) is 126 Å². The molecule has 0 aromatic heterocycles. The largest absolute Gasteiger partial charge is 0.0654 e. The topological polar surface area (TPSA) is 0 Å². The van der Waals surface area contributed by atoms with Crippen LogP contribution in [0.1, 0.15) is 126 Å². The van der Waals surface area contributed by atoms with Gasteiger partial charge in [-0.15, -0.1) is 0 Å². The van der Waals surface area contributed by atoms with E-state index >= 15 is 0 Å². The third kappa shape index (κ3) is 5.54. The Morgan fingerprint density at radius 2 is 1.63 bits per heavy atom. The molecule has 0 nitrogen and oxygen atoms in total. The fourth-order valence-electron chi connectivity index (χ4n) is 7.07. The minimum absolute atomic E-state index is 0.563. The van der Waals surface area contributed by atoms with Gasteiger partial charge in [-0.1, -0.05) is 93.9 Å². The summed E-state index contributed by atoms with van der Waals surface area (Å²) in [6.07, 6.45) is 16.0. The van der Waals surface area contributed by atoms with E-state index in [4.69, 9.17) is 0 Å². The van der Waals surface area contributed by atoms with Gasteiger partial charge in [0.2, 0.25) is 0 Å². The molecule has 6 unspecified atom stereocenters. The second-order valence-corrected chi connectivity index (χ2v) is 11.6. The van der Waals surface area contributed by atoms with E-state index in [1.807, 2.05) is 0 Å². The van der Waals surface area contributed by atoms with Crippen molar-refractivity contribution in [3.8, 4) is 0 Å². The molecule has 0 amide bonds. The van der Waals surface area contributed by atoms with Crippen molar-refractivity contribution in [2.24, 2.45) is 46.3 Å². The normalized spacial score (nSPS) is 39.8. The predicted octanol–water partition coefficient (Wildman–Crippen LogP) is 9.13. The second-order valence-electron chi connectivity index (χ2n) is 11.6. The molecule has 0 spiro atoms. The lowest BCUT2D eigenvalue weighted by atomic mass is 9.62. The predicted molar refractivity (Wildman–Crippen MR) is 122 cm³/mol. The van der Waals surface area contributed by atoms with Crippen LogP contribution in [0.4, 0.5) is 0 Å². The first-order valence-electron chi connectivity index (χ1n) is 12.7. The SMILES string of the molecule is CCCCCC(C)C1(CC(C)(CC)CC2CC(C)C(C)C(C)C2)CC1CC. The van der Waals surface area contributed by atoms with E-state index in [-0.39, 0.29) is 0 Å². The van der Waals surface area contributed by atoms with Crippen molar-refractivity contribution in [1.82, 2.24) is 0 Å². The standard InChI is InChI=1S/C27H52/c1-9-12-13-14-22(6)27(18-25(27)10-2)19-26(8,11-3)17-24-15-20(4)23(7)21(5)16-24/h20-25H,9-19H2,1-8H3. The van der Waals surface area contributed by atoms with Crippen molar-refractivity contribution in [2.75, 3.05) is 0 Å². The summed E-state index contributed by atoms with van der Waals surface area (Å²) in [6, 6.07) is 0. The maximum atomic E-state index is 2.66. The molecule has 0 heteroatoms. The highest BCUT2D eigenvalue weighted by Gasteiger charge is 2.57. The summed E-state index contributed by atoms with van der Waals surface area (Å²) < 4.78 is 0. The van der Waals surface area contributed by atoms with Crippen LogP contribution >= 0.6 is 0 Å². The molecule has 0 N–H and O–H groups in total. The average molecular weight is 377 g/mol. The smallest absolute Gasteiger partial charge is 0.0235 e. The van der Waals surface area contributed by atoms with Crippen molar-refractivity contribution in [3.63, 3.8) is 0 Å². The van der Waals surface area contributed by atoms with E-state index in [2.05, 4.69) is 55.4 Å². The van der Waals surface area contributed by atoms with Crippen molar-refractivity contribution in [1.29, 1.82) is 0 Å². The Bertz CT molecular complexity index is 427. The summed E-state index contributed by atoms with van der Waals surface area (Å²) in [5.41, 5.74) is 1.25. The summed E-state index contributed by atoms with van der Waals surface area (Å²) in [7, 11) is 0. The molecule has 6 atom stereocenters. The molecular weight excluding hydrogens is 324 g/mol. The lowest BCUT2D eigenvalue weighted by Crippen LogP contribution is -2.33. The zero-order chi connectivity index (χ0) is 20.2. The zero-order valence-electron chi connectivity index (χ0n) is 20.2. The van der Waals surface area contributed by atoms with Crippen LogP contribution in [0.25, 0.3) is 0 Å². The quantitative estimate of drug-likeness (QED) is 0.315. The molecule has 0 heterocycles. The van der Waals surface area contributed by atoms with Crippen LogP contribution in [0.2, 0.25) is 0 Å². The van der Waals surface area contributed by atoms with Crippen LogP contribution < -0.4 is 0 Å². The van der Waals surface area contributed by atoms with Crippen LogP contribution in [0, 0.1) is 46.3 Å². The first-order chi connectivity index (χ1) is 12.7. The van der Waals surface area contributed by atoms with E-state index in [9.17, 15) is 0 Å². The Kier molecular flexibility index (Phi) is 8.34. The lowest BCUT2D eigenvalue weighted by molar-refractivity contribution is 0.0715.